The van der Waals surface area contributed by atoms with Crippen LogP contribution in [-0.2, 0) is 4.79 Å². The van der Waals surface area contributed by atoms with E-state index in [-0.39, 0.29) is 23.3 Å². The molecule has 2 heterocycles. The second kappa shape index (κ2) is 8.17. The lowest BCUT2D eigenvalue weighted by Crippen LogP contribution is -2.27. The van der Waals surface area contributed by atoms with Gasteiger partial charge in [-0.1, -0.05) is 36.7 Å². The van der Waals surface area contributed by atoms with E-state index in [0.717, 1.165) is 25.7 Å². The summed E-state index contributed by atoms with van der Waals surface area (Å²) >= 11 is 2.59. The minimum Gasteiger partial charge on any atom is -0.316 e. The van der Waals surface area contributed by atoms with Gasteiger partial charge in [-0.3, -0.25) is 14.2 Å². The number of aromatic nitrogens is 2. The van der Waals surface area contributed by atoms with Crippen molar-refractivity contribution in [3.05, 3.63) is 51.6 Å². The van der Waals surface area contributed by atoms with Crippen molar-refractivity contribution in [2.24, 2.45) is 0 Å². The van der Waals surface area contributed by atoms with Crippen LogP contribution in [0.4, 0.5) is 5.00 Å². The normalized spacial score (nSPS) is 14.2. The van der Waals surface area contributed by atoms with Crippen molar-refractivity contribution in [3.63, 3.8) is 0 Å². The Morgan fingerprint density at radius 1 is 1.32 bits per heavy atom. The minimum atomic E-state index is -0.218. The number of thiophene rings is 1. The first kappa shape index (κ1) is 18.7. The number of nitriles is 1. The van der Waals surface area contributed by atoms with Crippen molar-refractivity contribution in [1.82, 2.24) is 9.55 Å². The predicted molar refractivity (Wildman–Crippen MR) is 112 cm³/mol. The van der Waals surface area contributed by atoms with Gasteiger partial charge in [-0.2, -0.15) is 5.26 Å². The summed E-state index contributed by atoms with van der Waals surface area (Å²) in [7, 11) is 0. The second-order valence-corrected chi connectivity index (χ2v) is 8.50. The molecule has 0 unspecified atom stereocenters. The van der Waals surface area contributed by atoms with Crippen LogP contribution < -0.4 is 10.9 Å². The number of thioether (sulfide) groups is 1. The van der Waals surface area contributed by atoms with E-state index >= 15 is 0 Å². The van der Waals surface area contributed by atoms with Crippen LogP contribution >= 0.6 is 23.1 Å². The van der Waals surface area contributed by atoms with E-state index in [1.165, 1.54) is 23.1 Å². The van der Waals surface area contributed by atoms with Gasteiger partial charge in [0.2, 0.25) is 5.91 Å². The zero-order chi connectivity index (χ0) is 19.5. The molecule has 6 nitrogen and oxygen atoms in total. The smallest absolute Gasteiger partial charge is 0.262 e. The average Bonchev–Trinajstić information content (AvgIpc) is 3.38. The van der Waals surface area contributed by atoms with Crippen LogP contribution in [-0.4, -0.2) is 21.2 Å². The molecule has 28 heavy (non-hydrogen) atoms. The highest BCUT2D eigenvalue weighted by molar-refractivity contribution is 7.99. The van der Waals surface area contributed by atoms with Gasteiger partial charge < -0.3 is 5.32 Å². The van der Waals surface area contributed by atoms with Gasteiger partial charge >= 0.3 is 0 Å². The van der Waals surface area contributed by atoms with Crippen molar-refractivity contribution in [1.29, 1.82) is 5.26 Å². The number of rotatable bonds is 5. The number of amides is 1. The standard InChI is InChI=1S/C20H18N4O2S2/c21-11-13-9-10-27-18(13)23-17(25)12-28-20-22-16-8-4-3-7-15(16)19(26)24(20)14-5-1-2-6-14/h3-4,7-10,14H,1-2,5-6,12H2,(H,23,25). The van der Waals surface area contributed by atoms with Crippen LogP contribution in [0.25, 0.3) is 10.9 Å². The number of hydrogen-bond donors (Lipinski definition) is 1. The number of carbonyl (C=O) groups excluding carboxylic acids is 1. The molecule has 0 bridgehead atoms. The van der Waals surface area contributed by atoms with Gasteiger partial charge in [0.1, 0.15) is 11.1 Å². The molecule has 2 aromatic heterocycles. The van der Waals surface area contributed by atoms with Crippen molar-refractivity contribution < 1.29 is 4.79 Å². The van der Waals surface area contributed by atoms with Crippen molar-refractivity contribution in [2.45, 2.75) is 36.9 Å². The molecule has 0 saturated heterocycles. The summed E-state index contributed by atoms with van der Waals surface area (Å²) in [5, 5.41) is 15.4. The fourth-order valence-corrected chi connectivity index (χ4v) is 5.12. The summed E-state index contributed by atoms with van der Waals surface area (Å²) in [6, 6.07) is 11.2. The number of nitrogens with zero attached hydrogens (tertiary/aromatic N) is 3. The van der Waals surface area contributed by atoms with Gasteiger partial charge in [0.05, 0.1) is 22.2 Å². The van der Waals surface area contributed by atoms with Gasteiger partial charge in [-0.15, -0.1) is 11.3 Å². The van der Waals surface area contributed by atoms with Gasteiger partial charge in [0.25, 0.3) is 5.56 Å². The van der Waals surface area contributed by atoms with E-state index in [1.807, 2.05) is 18.2 Å². The van der Waals surface area contributed by atoms with Gasteiger partial charge in [0.15, 0.2) is 5.16 Å². The van der Waals surface area contributed by atoms with Crippen LogP contribution in [0, 0.1) is 11.3 Å². The van der Waals surface area contributed by atoms with E-state index in [9.17, 15) is 9.59 Å². The molecule has 0 radical (unpaired) electrons. The van der Waals surface area contributed by atoms with E-state index in [1.54, 1.807) is 22.1 Å². The molecule has 0 atom stereocenters. The minimum absolute atomic E-state index is 0.0366. The summed E-state index contributed by atoms with van der Waals surface area (Å²) in [5.74, 6) is -0.0929. The zero-order valence-electron chi connectivity index (χ0n) is 15.1. The first-order chi connectivity index (χ1) is 13.7. The molecule has 1 saturated carbocycles. The maximum absolute atomic E-state index is 13.1. The summed E-state index contributed by atoms with van der Waals surface area (Å²) in [6.07, 6.45) is 4.12. The highest BCUT2D eigenvalue weighted by Gasteiger charge is 2.23. The number of carbonyl (C=O) groups is 1. The number of anilines is 1. The second-order valence-electron chi connectivity index (χ2n) is 6.64. The molecular weight excluding hydrogens is 392 g/mol. The zero-order valence-corrected chi connectivity index (χ0v) is 16.7. The third-order valence-corrected chi connectivity index (χ3v) is 6.62. The molecule has 1 aliphatic rings. The summed E-state index contributed by atoms with van der Waals surface area (Å²) in [4.78, 5) is 30.2. The Morgan fingerprint density at radius 2 is 2.11 bits per heavy atom. The first-order valence-electron chi connectivity index (χ1n) is 9.09. The molecule has 1 aromatic carbocycles. The van der Waals surface area contributed by atoms with Crippen molar-refractivity contribution >= 4 is 44.9 Å². The molecule has 0 aliphatic heterocycles. The van der Waals surface area contributed by atoms with Gasteiger partial charge in [0, 0.05) is 6.04 Å². The van der Waals surface area contributed by atoms with Crippen LogP contribution in [0.15, 0.2) is 45.7 Å². The third-order valence-electron chi connectivity index (χ3n) is 4.84. The van der Waals surface area contributed by atoms with Crippen LogP contribution in [0.2, 0.25) is 0 Å². The Balaban J connectivity index is 1.60. The van der Waals surface area contributed by atoms with Crippen LogP contribution in [0.5, 0.6) is 0 Å². The fourth-order valence-electron chi connectivity index (χ4n) is 3.50. The largest absolute Gasteiger partial charge is 0.316 e. The number of para-hydroxylation sites is 1. The predicted octanol–water partition coefficient (Wildman–Crippen LogP) is 4.18. The molecule has 1 N–H and O–H groups in total. The van der Waals surface area contributed by atoms with E-state index in [2.05, 4.69) is 16.4 Å². The maximum Gasteiger partial charge on any atom is 0.262 e. The molecule has 142 valence electrons. The van der Waals surface area contributed by atoms with Gasteiger partial charge in [-0.25, -0.2) is 4.98 Å². The average molecular weight is 411 g/mol. The number of hydrogen-bond acceptors (Lipinski definition) is 6. The van der Waals surface area contributed by atoms with E-state index in [0.29, 0.717) is 26.6 Å². The molecule has 4 rings (SSSR count). The topological polar surface area (TPSA) is 87.8 Å². The molecule has 8 heteroatoms. The molecule has 1 amide bonds. The Bertz CT molecular complexity index is 1120. The Hall–Kier alpha value is -2.63. The van der Waals surface area contributed by atoms with E-state index < -0.39 is 0 Å². The SMILES string of the molecule is N#Cc1ccsc1NC(=O)CSc1nc2ccccc2c(=O)n1C1CCCC1. The summed E-state index contributed by atoms with van der Waals surface area (Å²) in [5.41, 5.74) is 1.06. The van der Waals surface area contributed by atoms with Gasteiger partial charge in [-0.05, 0) is 36.4 Å². The number of fused-ring (bicyclic) bond motifs is 1. The number of benzene rings is 1. The van der Waals surface area contributed by atoms with Crippen LogP contribution in [0.3, 0.4) is 0 Å². The molecule has 1 aliphatic carbocycles. The lowest BCUT2D eigenvalue weighted by Gasteiger charge is -2.18. The maximum atomic E-state index is 13.1. The Kier molecular flexibility index (Phi) is 5.46. The summed E-state index contributed by atoms with van der Waals surface area (Å²) < 4.78 is 1.78. The van der Waals surface area contributed by atoms with Crippen molar-refractivity contribution in [3.8, 4) is 6.07 Å². The monoisotopic (exact) mass is 410 g/mol. The third kappa shape index (κ3) is 3.68. The summed E-state index contributed by atoms with van der Waals surface area (Å²) in [6.45, 7) is 0. The highest BCUT2D eigenvalue weighted by Crippen LogP contribution is 2.32. The lowest BCUT2D eigenvalue weighted by molar-refractivity contribution is -0.113. The number of nitrogens with one attached hydrogen (secondary N) is 1. The quantitative estimate of drug-likeness (QED) is 0.504. The molecule has 3 aromatic rings. The highest BCUT2D eigenvalue weighted by atomic mass is 32.2. The van der Waals surface area contributed by atoms with Crippen molar-refractivity contribution in [2.75, 3.05) is 11.1 Å². The van der Waals surface area contributed by atoms with Crippen LogP contribution in [0.1, 0.15) is 37.3 Å². The molecular formula is C20H18N4O2S2. The fraction of sp³-hybridized carbons (Fsp3) is 0.300. The Morgan fingerprint density at radius 3 is 2.89 bits per heavy atom. The molecule has 1 fully saturated rings. The van der Waals surface area contributed by atoms with E-state index in [4.69, 9.17) is 5.26 Å². The molecule has 0 spiro atoms. The lowest BCUT2D eigenvalue weighted by atomic mass is 10.2. The Labute approximate surface area is 170 Å². The first-order valence-corrected chi connectivity index (χ1v) is 11.0.